The minimum absolute atomic E-state index is 0.290. The molecule has 1 unspecified atom stereocenters. The number of hydrogen-bond donors (Lipinski definition) is 1. The van der Waals surface area contributed by atoms with E-state index in [9.17, 15) is 4.79 Å². The highest BCUT2D eigenvalue weighted by Crippen LogP contribution is 2.29. The molecule has 86 valence electrons. The number of nitrogens with zero attached hydrogens (tertiary/aromatic N) is 1. The van der Waals surface area contributed by atoms with E-state index in [1.165, 1.54) is 13.0 Å². The molecule has 2 aliphatic rings. The average molecular weight is 210 g/mol. The van der Waals surface area contributed by atoms with Crippen molar-refractivity contribution in [2.24, 2.45) is 11.8 Å². The molecule has 0 bridgehead atoms. The smallest absolute Gasteiger partial charge is 0.223 e. The van der Waals surface area contributed by atoms with Gasteiger partial charge in [0.15, 0.2) is 0 Å². The molecule has 0 radical (unpaired) electrons. The monoisotopic (exact) mass is 210 g/mol. The molecule has 0 aromatic carbocycles. The zero-order chi connectivity index (χ0) is 10.8. The van der Waals surface area contributed by atoms with Crippen molar-refractivity contribution >= 4 is 5.91 Å². The Bertz CT molecular complexity index is 236. The van der Waals surface area contributed by atoms with Gasteiger partial charge in [0.25, 0.3) is 0 Å². The van der Waals surface area contributed by atoms with Gasteiger partial charge in [-0.2, -0.15) is 0 Å². The lowest BCUT2D eigenvalue weighted by Gasteiger charge is -2.20. The van der Waals surface area contributed by atoms with Gasteiger partial charge in [0.05, 0.1) is 0 Å². The highest BCUT2D eigenvalue weighted by molar-refractivity contribution is 5.80. The first-order chi connectivity index (χ1) is 7.16. The van der Waals surface area contributed by atoms with Crippen LogP contribution in [0.5, 0.6) is 0 Å². The van der Waals surface area contributed by atoms with Gasteiger partial charge in [-0.25, -0.2) is 0 Å². The van der Waals surface area contributed by atoms with Gasteiger partial charge < -0.3 is 10.2 Å². The van der Waals surface area contributed by atoms with Gasteiger partial charge in [-0.05, 0) is 45.6 Å². The lowest BCUT2D eigenvalue weighted by molar-refractivity contribution is -0.122. The lowest BCUT2D eigenvalue weighted by Crippen LogP contribution is -2.33. The van der Waals surface area contributed by atoms with Crippen molar-refractivity contribution in [3.8, 4) is 0 Å². The number of carbonyl (C=O) groups is 1. The van der Waals surface area contributed by atoms with E-state index in [1.54, 1.807) is 0 Å². The van der Waals surface area contributed by atoms with Crippen molar-refractivity contribution in [1.82, 2.24) is 10.2 Å². The Labute approximate surface area is 92.2 Å². The largest absolute Gasteiger partial charge is 0.356 e. The summed E-state index contributed by atoms with van der Waals surface area (Å²) >= 11 is 0. The van der Waals surface area contributed by atoms with Gasteiger partial charge >= 0.3 is 0 Å². The predicted molar refractivity (Wildman–Crippen MR) is 60.5 cm³/mol. The van der Waals surface area contributed by atoms with Crippen LogP contribution in [0.25, 0.3) is 0 Å². The van der Waals surface area contributed by atoms with Crippen molar-refractivity contribution in [2.45, 2.75) is 39.2 Å². The van der Waals surface area contributed by atoms with Crippen LogP contribution < -0.4 is 5.32 Å². The van der Waals surface area contributed by atoms with Crippen LogP contribution in [0.3, 0.4) is 0 Å². The second-order valence-electron chi connectivity index (χ2n) is 5.26. The summed E-state index contributed by atoms with van der Waals surface area (Å²) in [6, 6.07) is 0.647. The third-order valence-corrected chi connectivity index (χ3v) is 3.56. The van der Waals surface area contributed by atoms with Crippen LogP contribution in [0.15, 0.2) is 0 Å². The summed E-state index contributed by atoms with van der Waals surface area (Å²) in [7, 11) is 0. The van der Waals surface area contributed by atoms with Crippen molar-refractivity contribution in [3.05, 3.63) is 0 Å². The number of carbonyl (C=O) groups excluding carboxylic acids is 1. The van der Waals surface area contributed by atoms with Gasteiger partial charge in [0.2, 0.25) is 5.91 Å². The third kappa shape index (κ3) is 2.94. The summed E-state index contributed by atoms with van der Waals surface area (Å²) in [6.45, 7) is 7.72. The van der Waals surface area contributed by atoms with Crippen molar-refractivity contribution < 1.29 is 4.79 Å². The fourth-order valence-electron chi connectivity index (χ4n) is 2.23. The maximum atomic E-state index is 11.5. The minimum Gasteiger partial charge on any atom is -0.356 e. The molecule has 2 rings (SSSR count). The Morgan fingerprint density at radius 2 is 2.13 bits per heavy atom. The van der Waals surface area contributed by atoms with E-state index >= 15 is 0 Å². The molecule has 3 heteroatoms. The highest BCUT2D eigenvalue weighted by atomic mass is 16.2. The van der Waals surface area contributed by atoms with E-state index < -0.39 is 0 Å². The fourth-order valence-corrected chi connectivity index (χ4v) is 2.23. The Balaban J connectivity index is 1.66. The van der Waals surface area contributed by atoms with E-state index in [-0.39, 0.29) is 5.91 Å². The first kappa shape index (κ1) is 10.9. The van der Waals surface area contributed by atoms with Crippen molar-refractivity contribution in [1.29, 1.82) is 0 Å². The molecule has 1 saturated carbocycles. The molecule has 0 spiro atoms. The molecule has 0 aromatic heterocycles. The molecule has 1 heterocycles. The second-order valence-corrected chi connectivity index (χ2v) is 5.26. The van der Waals surface area contributed by atoms with Crippen LogP contribution in [0.4, 0.5) is 0 Å². The van der Waals surface area contributed by atoms with Crippen LogP contribution in [0.2, 0.25) is 0 Å². The first-order valence-electron chi connectivity index (χ1n) is 6.18. The molecule has 1 saturated heterocycles. The Kier molecular flexibility index (Phi) is 3.29. The van der Waals surface area contributed by atoms with E-state index in [0.29, 0.717) is 17.9 Å². The lowest BCUT2D eigenvalue weighted by atomic mass is 10.1. The van der Waals surface area contributed by atoms with Gasteiger partial charge in [0.1, 0.15) is 0 Å². The molecule has 1 N–H and O–H groups in total. The third-order valence-electron chi connectivity index (χ3n) is 3.56. The number of rotatable bonds is 4. The first-order valence-corrected chi connectivity index (χ1v) is 6.18. The number of amides is 1. The summed E-state index contributed by atoms with van der Waals surface area (Å²) in [5, 5.41) is 3.08. The zero-order valence-electron chi connectivity index (χ0n) is 9.83. The van der Waals surface area contributed by atoms with Crippen LogP contribution in [-0.2, 0) is 4.79 Å². The summed E-state index contributed by atoms with van der Waals surface area (Å²) in [6.07, 6.45) is 3.45. The second kappa shape index (κ2) is 4.52. The molecule has 3 nitrogen and oxygen atoms in total. The molecular formula is C12H22N2O. The standard InChI is InChI=1S/C12H22N2O/c1-9(2)14-6-5-10(8-14)7-13-12(15)11-3-4-11/h9-11H,3-8H2,1-2H3,(H,13,15). The van der Waals surface area contributed by atoms with Crippen molar-refractivity contribution in [3.63, 3.8) is 0 Å². The Hall–Kier alpha value is -0.570. The van der Waals surface area contributed by atoms with Gasteiger partial charge in [-0.1, -0.05) is 0 Å². The summed E-state index contributed by atoms with van der Waals surface area (Å²) < 4.78 is 0. The predicted octanol–water partition coefficient (Wildman–Crippen LogP) is 1.24. The summed E-state index contributed by atoms with van der Waals surface area (Å²) in [4.78, 5) is 13.9. The number of nitrogens with one attached hydrogen (secondary N) is 1. The Morgan fingerprint density at radius 3 is 2.67 bits per heavy atom. The van der Waals surface area contributed by atoms with Crippen LogP contribution in [0.1, 0.15) is 33.1 Å². The van der Waals surface area contributed by atoms with E-state index in [1.807, 2.05) is 0 Å². The molecule has 1 atom stereocenters. The fraction of sp³-hybridized carbons (Fsp3) is 0.917. The molecular weight excluding hydrogens is 188 g/mol. The summed E-state index contributed by atoms with van der Waals surface area (Å²) in [5.41, 5.74) is 0. The van der Waals surface area contributed by atoms with Crippen LogP contribution in [0, 0.1) is 11.8 Å². The van der Waals surface area contributed by atoms with Crippen molar-refractivity contribution in [2.75, 3.05) is 19.6 Å². The van der Waals surface area contributed by atoms with Gasteiger partial charge in [-0.3, -0.25) is 4.79 Å². The van der Waals surface area contributed by atoms with Gasteiger partial charge in [0, 0.05) is 25.0 Å². The molecule has 1 aliphatic heterocycles. The molecule has 15 heavy (non-hydrogen) atoms. The quantitative estimate of drug-likeness (QED) is 0.757. The maximum Gasteiger partial charge on any atom is 0.223 e. The van der Waals surface area contributed by atoms with E-state index in [2.05, 4.69) is 24.1 Å². The van der Waals surface area contributed by atoms with Crippen LogP contribution >= 0.6 is 0 Å². The molecule has 1 aliphatic carbocycles. The zero-order valence-corrected chi connectivity index (χ0v) is 9.83. The van der Waals surface area contributed by atoms with E-state index in [4.69, 9.17) is 0 Å². The molecule has 0 aromatic rings. The topological polar surface area (TPSA) is 32.3 Å². The molecule has 1 amide bonds. The van der Waals surface area contributed by atoms with E-state index in [0.717, 1.165) is 25.9 Å². The number of hydrogen-bond acceptors (Lipinski definition) is 2. The highest BCUT2D eigenvalue weighted by Gasteiger charge is 2.30. The Morgan fingerprint density at radius 1 is 1.40 bits per heavy atom. The minimum atomic E-state index is 0.290. The SMILES string of the molecule is CC(C)N1CCC(CNC(=O)C2CC2)C1. The average Bonchev–Trinajstić information content (AvgIpc) is 2.93. The maximum absolute atomic E-state index is 11.5. The summed E-state index contributed by atoms with van der Waals surface area (Å²) in [5.74, 6) is 1.32. The van der Waals surface area contributed by atoms with Crippen LogP contribution in [-0.4, -0.2) is 36.5 Å². The number of likely N-dealkylation sites (tertiary alicyclic amines) is 1. The molecule has 2 fully saturated rings. The van der Waals surface area contributed by atoms with Gasteiger partial charge in [-0.15, -0.1) is 0 Å². The normalized spacial score (nSPS) is 27.3.